The maximum absolute atomic E-state index is 12.3. The first-order chi connectivity index (χ1) is 12.9. The number of benzene rings is 2. The Kier molecular flexibility index (Phi) is 5.18. The number of anilines is 2. The summed E-state index contributed by atoms with van der Waals surface area (Å²) in [6.45, 7) is -0.395. The molecule has 1 heterocycles. The molecule has 0 aliphatic carbocycles. The lowest BCUT2D eigenvalue weighted by Crippen LogP contribution is -2.43. The second kappa shape index (κ2) is 7.55. The molecule has 2 aromatic rings. The van der Waals surface area contributed by atoms with Gasteiger partial charge in [-0.05, 0) is 48.6 Å². The first kappa shape index (κ1) is 18.5. The molecule has 1 aliphatic rings. The zero-order valence-corrected chi connectivity index (χ0v) is 15.7. The van der Waals surface area contributed by atoms with E-state index in [0.717, 1.165) is 10.6 Å². The number of nitrogens with zero attached hydrogens (tertiary/aromatic N) is 2. The van der Waals surface area contributed by atoms with E-state index in [-0.39, 0.29) is 5.11 Å². The van der Waals surface area contributed by atoms with E-state index in [1.807, 2.05) is 43.3 Å². The minimum atomic E-state index is -0.549. The van der Waals surface area contributed by atoms with Crippen molar-refractivity contribution in [1.82, 2.24) is 10.2 Å². The number of hydrogen-bond donors (Lipinski definition) is 2. The van der Waals surface area contributed by atoms with Crippen molar-refractivity contribution in [1.29, 1.82) is 0 Å². The molecular formula is C19H18N4O3S. The van der Waals surface area contributed by atoms with Crippen molar-refractivity contribution in [3.63, 3.8) is 0 Å². The van der Waals surface area contributed by atoms with Crippen LogP contribution in [0.5, 0.6) is 0 Å². The van der Waals surface area contributed by atoms with E-state index in [0.29, 0.717) is 16.8 Å². The molecule has 0 fully saturated rings. The molecule has 0 aromatic heterocycles. The fourth-order valence-electron chi connectivity index (χ4n) is 2.70. The fraction of sp³-hybridized carbons (Fsp3) is 0.158. The molecule has 0 saturated heterocycles. The third-order valence-corrected chi connectivity index (χ3v) is 4.28. The largest absolute Gasteiger partial charge is 0.378 e. The highest BCUT2D eigenvalue weighted by atomic mass is 32.1. The Morgan fingerprint density at radius 2 is 1.56 bits per heavy atom. The lowest BCUT2D eigenvalue weighted by atomic mass is 10.1. The van der Waals surface area contributed by atoms with Gasteiger partial charge in [0, 0.05) is 25.5 Å². The molecule has 0 unspecified atom stereocenters. The highest BCUT2D eigenvalue weighted by molar-refractivity contribution is 7.80. The summed E-state index contributed by atoms with van der Waals surface area (Å²) in [6.07, 6.45) is 0. The molecule has 0 spiro atoms. The van der Waals surface area contributed by atoms with Crippen LogP contribution in [-0.2, 0) is 4.79 Å². The Morgan fingerprint density at radius 3 is 2.07 bits per heavy atom. The van der Waals surface area contributed by atoms with E-state index in [9.17, 15) is 14.4 Å². The molecule has 3 rings (SSSR count). The Balaban J connectivity index is 1.57. The fourth-order valence-corrected chi connectivity index (χ4v) is 2.93. The van der Waals surface area contributed by atoms with Crippen LogP contribution in [-0.4, -0.2) is 48.4 Å². The molecule has 0 bridgehead atoms. The van der Waals surface area contributed by atoms with Gasteiger partial charge >= 0.3 is 0 Å². The molecule has 0 atom stereocenters. The molecular weight excluding hydrogens is 364 g/mol. The van der Waals surface area contributed by atoms with Gasteiger partial charge in [-0.25, -0.2) is 0 Å². The zero-order chi connectivity index (χ0) is 19.6. The number of amides is 3. The van der Waals surface area contributed by atoms with Gasteiger partial charge in [-0.3, -0.25) is 19.3 Å². The Hall–Kier alpha value is -3.26. The standard InChI is InChI=1S/C19H18N4O3S/c1-22(2)13-9-7-12(8-10-13)20-19(27)21-16(24)11-23-17(25)14-5-3-4-6-15(14)18(23)26/h3-10H,11H2,1-2H3,(H2,20,21,24,27). The summed E-state index contributed by atoms with van der Waals surface area (Å²) in [4.78, 5) is 39.6. The van der Waals surface area contributed by atoms with Gasteiger partial charge in [0.2, 0.25) is 5.91 Å². The number of carbonyl (C=O) groups excluding carboxylic acids is 3. The van der Waals surface area contributed by atoms with Crippen molar-refractivity contribution in [3.8, 4) is 0 Å². The van der Waals surface area contributed by atoms with E-state index < -0.39 is 24.3 Å². The number of nitrogens with one attached hydrogen (secondary N) is 2. The number of hydrogen-bond acceptors (Lipinski definition) is 5. The molecule has 8 heteroatoms. The van der Waals surface area contributed by atoms with Crippen molar-refractivity contribution < 1.29 is 14.4 Å². The maximum Gasteiger partial charge on any atom is 0.262 e. The van der Waals surface area contributed by atoms with Crippen molar-refractivity contribution in [2.75, 3.05) is 30.9 Å². The highest BCUT2D eigenvalue weighted by Gasteiger charge is 2.36. The predicted octanol–water partition coefficient (Wildman–Crippen LogP) is 1.86. The number of fused-ring (bicyclic) bond motifs is 1. The van der Waals surface area contributed by atoms with Gasteiger partial charge < -0.3 is 15.5 Å². The Bertz CT molecular complexity index is 890. The van der Waals surface area contributed by atoms with Crippen LogP contribution in [0.1, 0.15) is 20.7 Å². The van der Waals surface area contributed by atoms with Crippen molar-refractivity contribution in [3.05, 3.63) is 59.7 Å². The number of carbonyl (C=O) groups is 3. The van der Waals surface area contributed by atoms with E-state index in [4.69, 9.17) is 12.2 Å². The summed E-state index contributed by atoms with van der Waals surface area (Å²) in [6, 6.07) is 14.0. The third kappa shape index (κ3) is 3.95. The smallest absolute Gasteiger partial charge is 0.262 e. The lowest BCUT2D eigenvalue weighted by molar-refractivity contribution is -0.120. The summed E-state index contributed by atoms with van der Waals surface area (Å²) in [5, 5.41) is 5.47. The summed E-state index contributed by atoms with van der Waals surface area (Å²) < 4.78 is 0. The molecule has 3 amide bonds. The second-order valence-corrected chi connectivity index (χ2v) is 6.59. The van der Waals surface area contributed by atoms with Crippen molar-refractivity contribution in [2.24, 2.45) is 0 Å². The summed E-state index contributed by atoms with van der Waals surface area (Å²) in [7, 11) is 3.87. The normalized spacial score (nSPS) is 12.6. The van der Waals surface area contributed by atoms with Crippen LogP contribution < -0.4 is 15.5 Å². The first-order valence-corrected chi connectivity index (χ1v) is 8.61. The van der Waals surface area contributed by atoms with Gasteiger partial charge in [0.25, 0.3) is 11.8 Å². The predicted molar refractivity (Wildman–Crippen MR) is 107 cm³/mol. The van der Waals surface area contributed by atoms with Crippen LogP contribution >= 0.6 is 12.2 Å². The van der Waals surface area contributed by atoms with Crippen LogP contribution in [0, 0.1) is 0 Å². The lowest BCUT2D eigenvalue weighted by Gasteiger charge is -2.15. The van der Waals surface area contributed by atoms with Gasteiger partial charge in [-0.1, -0.05) is 12.1 Å². The number of imide groups is 1. The quantitative estimate of drug-likeness (QED) is 0.621. The van der Waals surface area contributed by atoms with Crippen LogP contribution in [0.15, 0.2) is 48.5 Å². The zero-order valence-electron chi connectivity index (χ0n) is 14.9. The van der Waals surface area contributed by atoms with E-state index in [2.05, 4.69) is 10.6 Å². The summed E-state index contributed by atoms with van der Waals surface area (Å²) >= 11 is 5.12. The molecule has 138 valence electrons. The van der Waals surface area contributed by atoms with Gasteiger partial charge in [-0.15, -0.1) is 0 Å². The average molecular weight is 382 g/mol. The third-order valence-electron chi connectivity index (χ3n) is 4.07. The van der Waals surface area contributed by atoms with Gasteiger partial charge in [-0.2, -0.15) is 0 Å². The maximum atomic E-state index is 12.3. The topological polar surface area (TPSA) is 81.8 Å². The molecule has 2 aromatic carbocycles. The number of thiocarbonyl (C=S) groups is 1. The van der Waals surface area contributed by atoms with E-state index in [1.54, 1.807) is 24.3 Å². The second-order valence-electron chi connectivity index (χ2n) is 6.19. The molecule has 0 saturated carbocycles. The molecule has 0 radical (unpaired) electrons. The molecule has 1 aliphatic heterocycles. The average Bonchev–Trinajstić information content (AvgIpc) is 2.87. The Labute approximate surface area is 161 Å². The first-order valence-electron chi connectivity index (χ1n) is 8.20. The summed E-state index contributed by atoms with van der Waals surface area (Å²) in [5.74, 6) is -1.51. The summed E-state index contributed by atoms with van der Waals surface area (Å²) in [5.41, 5.74) is 2.35. The van der Waals surface area contributed by atoms with E-state index >= 15 is 0 Å². The highest BCUT2D eigenvalue weighted by Crippen LogP contribution is 2.22. The number of rotatable bonds is 4. The van der Waals surface area contributed by atoms with Crippen LogP contribution in [0.4, 0.5) is 11.4 Å². The Morgan fingerprint density at radius 1 is 1.00 bits per heavy atom. The molecule has 7 nitrogen and oxygen atoms in total. The van der Waals surface area contributed by atoms with Gasteiger partial charge in [0.15, 0.2) is 5.11 Å². The van der Waals surface area contributed by atoms with Crippen LogP contribution in [0.2, 0.25) is 0 Å². The van der Waals surface area contributed by atoms with Crippen LogP contribution in [0.25, 0.3) is 0 Å². The van der Waals surface area contributed by atoms with Crippen molar-refractivity contribution in [2.45, 2.75) is 0 Å². The minimum Gasteiger partial charge on any atom is -0.378 e. The van der Waals surface area contributed by atoms with Crippen molar-refractivity contribution >= 4 is 46.4 Å². The minimum absolute atomic E-state index is 0.0919. The molecule has 27 heavy (non-hydrogen) atoms. The monoisotopic (exact) mass is 382 g/mol. The van der Waals surface area contributed by atoms with Gasteiger partial charge in [0.05, 0.1) is 11.1 Å². The molecule has 2 N–H and O–H groups in total. The SMILES string of the molecule is CN(C)c1ccc(NC(=S)NC(=O)CN2C(=O)c3ccccc3C2=O)cc1. The van der Waals surface area contributed by atoms with Gasteiger partial charge in [0.1, 0.15) is 6.54 Å². The van der Waals surface area contributed by atoms with Crippen LogP contribution in [0.3, 0.4) is 0 Å². The van der Waals surface area contributed by atoms with E-state index in [1.165, 1.54) is 0 Å².